The number of benzene rings is 1. The molecule has 1 aromatic rings. The van der Waals surface area contributed by atoms with Crippen LogP contribution in [0.25, 0.3) is 0 Å². The van der Waals surface area contributed by atoms with Gasteiger partial charge in [0, 0.05) is 13.1 Å². The van der Waals surface area contributed by atoms with Gasteiger partial charge in [-0.2, -0.15) is 0 Å². The minimum atomic E-state index is 0.643. The van der Waals surface area contributed by atoms with Gasteiger partial charge in [-0.3, -0.25) is 4.90 Å². The highest BCUT2D eigenvalue weighted by atomic mass is 16.6. The van der Waals surface area contributed by atoms with Crippen molar-refractivity contribution in [1.29, 1.82) is 0 Å². The molecular formula is C15H21NO2. The normalized spacial score (nSPS) is 13.6. The SMILES string of the molecule is CC(C)=CCN(C)Cc1ccc2c(c1)OCCO2. The van der Waals surface area contributed by atoms with Crippen molar-refractivity contribution >= 4 is 0 Å². The Morgan fingerprint density at radius 3 is 2.67 bits per heavy atom. The number of rotatable bonds is 4. The predicted molar refractivity (Wildman–Crippen MR) is 73.2 cm³/mol. The molecule has 0 atom stereocenters. The highest BCUT2D eigenvalue weighted by Crippen LogP contribution is 2.30. The van der Waals surface area contributed by atoms with Gasteiger partial charge in [-0.05, 0) is 38.6 Å². The van der Waals surface area contributed by atoms with Crippen molar-refractivity contribution in [2.75, 3.05) is 26.8 Å². The maximum atomic E-state index is 5.59. The quantitative estimate of drug-likeness (QED) is 0.764. The predicted octanol–water partition coefficient (Wildman–Crippen LogP) is 2.86. The Morgan fingerprint density at radius 2 is 1.94 bits per heavy atom. The van der Waals surface area contributed by atoms with Crippen molar-refractivity contribution in [3.8, 4) is 11.5 Å². The molecule has 0 amide bonds. The average molecular weight is 247 g/mol. The van der Waals surface area contributed by atoms with Crippen molar-refractivity contribution < 1.29 is 9.47 Å². The van der Waals surface area contributed by atoms with Gasteiger partial charge < -0.3 is 9.47 Å². The summed E-state index contributed by atoms with van der Waals surface area (Å²) in [4.78, 5) is 2.28. The van der Waals surface area contributed by atoms with Crippen LogP contribution in [0.15, 0.2) is 29.8 Å². The monoisotopic (exact) mass is 247 g/mol. The minimum Gasteiger partial charge on any atom is -0.486 e. The number of hydrogen-bond donors (Lipinski definition) is 0. The zero-order valence-corrected chi connectivity index (χ0v) is 11.4. The van der Waals surface area contributed by atoms with Crippen LogP contribution >= 0.6 is 0 Å². The van der Waals surface area contributed by atoms with Crippen LogP contribution in [0, 0.1) is 0 Å². The van der Waals surface area contributed by atoms with Gasteiger partial charge in [-0.25, -0.2) is 0 Å². The summed E-state index contributed by atoms with van der Waals surface area (Å²) in [5, 5.41) is 0. The Hall–Kier alpha value is -1.48. The zero-order chi connectivity index (χ0) is 13.0. The molecule has 0 spiro atoms. The lowest BCUT2D eigenvalue weighted by atomic mass is 10.2. The third kappa shape index (κ3) is 3.50. The Labute approximate surface area is 109 Å². The van der Waals surface area contributed by atoms with E-state index in [0.717, 1.165) is 24.6 Å². The molecule has 1 aromatic carbocycles. The molecular weight excluding hydrogens is 226 g/mol. The summed E-state index contributed by atoms with van der Waals surface area (Å²) in [6.07, 6.45) is 2.23. The van der Waals surface area contributed by atoms with Gasteiger partial charge in [-0.1, -0.05) is 17.7 Å². The van der Waals surface area contributed by atoms with Crippen molar-refractivity contribution in [3.05, 3.63) is 35.4 Å². The van der Waals surface area contributed by atoms with Crippen LogP contribution in [0.5, 0.6) is 11.5 Å². The number of fused-ring (bicyclic) bond motifs is 1. The molecule has 0 N–H and O–H groups in total. The van der Waals surface area contributed by atoms with Crippen molar-refractivity contribution in [1.82, 2.24) is 4.90 Å². The number of likely N-dealkylation sites (N-methyl/N-ethyl adjacent to an activating group) is 1. The van der Waals surface area contributed by atoms with E-state index >= 15 is 0 Å². The van der Waals surface area contributed by atoms with Crippen LogP contribution in [-0.2, 0) is 6.54 Å². The summed E-state index contributed by atoms with van der Waals surface area (Å²) in [5.74, 6) is 1.73. The topological polar surface area (TPSA) is 21.7 Å². The molecule has 0 saturated heterocycles. The van der Waals surface area contributed by atoms with E-state index in [1.807, 2.05) is 6.07 Å². The molecule has 0 bridgehead atoms. The van der Waals surface area contributed by atoms with Gasteiger partial charge in [0.05, 0.1) is 0 Å². The first-order chi connectivity index (χ1) is 8.65. The van der Waals surface area contributed by atoms with E-state index in [1.165, 1.54) is 11.1 Å². The first kappa shape index (κ1) is 13.0. The molecule has 3 heteroatoms. The summed E-state index contributed by atoms with van der Waals surface area (Å²) in [7, 11) is 2.12. The first-order valence-electron chi connectivity index (χ1n) is 6.35. The molecule has 0 unspecified atom stereocenters. The molecule has 1 aliphatic rings. The molecule has 1 aliphatic heterocycles. The van der Waals surface area contributed by atoms with Crippen LogP contribution in [-0.4, -0.2) is 31.7 Å². The molecule has 18 heavy (non-hydrogen) atoms. The standard InChI is InChI=1S/C15H21NO2/c1-12(2)6-7-16(3)11-13-4-5-14-15(10-13)18-9-8-17-14/h4-6,10H,7-9,11H2,1-3H3. The fraction of sp³-hybridized carbons (Fsp3) is 0.467. The number of nitrogens with zero attached hydrogens (tertiary/aromatic N) is 1. The van der Waals surface area contributed by atoms with E-state index in [0.29, 0.717) is 13.2 Å². The van der Waals surface area contributed by atoms with E-state index in [-0.39, 0.29) is 0 Å². The average Bonchev–Trinajstić information content (AvgIpc) is 2.36. The molecule has 1 heterocycles. The van der Waals surface area contributed by atoms with Crippen LogP contribution in [0.2, 0.25) is 0 Å². The molecule has 0 aliphatic carbocycles. The lowest BCUT2D eigenvalue weighted by Gasteiger charge is -2.20. The van der Waals surface area contributed by atoms with Gasteiger partial charge in [0.15, 0.2) is 11.5 Å². The summed E-state index contributed by atoms with van der Waals surface area (Å²) >= 11 is 0. The van der Waals surface area contributed by atoms with Gasteiger partial charge >= 0.3 is 0 Å². The van der Waals surface area contributed by atoms with Crippen LogP contribution < -0.4 is 9.47 Å². The number of ether oxygens (including phenoxy) is 2. The Balaban J connectivity index is 1.99. The highest BCUT2D eigenvalue weighted by molar-refractivity contribution is 5.43. The molecule has 0 aromatic heterocycles. The maximum Gasteiger partial charge on any atom is 0.161 e. The summed E-state index contributed by atoms with van der Waals surface area (Å²) in [5.41, 5.74) is 2.60. The fourth-order valence-electron chi connectivity index (χ4n) is 1.90. The number of allylic oxidation sites excluding steroid dienone is 1. The van der Waals surface area contributed by atoms with Crippen LogP contribution in [0.4, 0.5) is 0 Å². The van der Waals surface area contributed by atoms with E-state index in [4.69, 9.17) is 9.47 Å². The van der Waals surface area contributed by atoms with E-state index in [9.17, 15) is 0 Å². The van der Waals surface area contributed by atoms with Gasteiger partial charge in [0.2, 0.25) is 0 Å². The van der Waals surface area contributed by atoms with Crippen molar-refractivity contribution in [3.63, 3.8) is 0 Å². The second kappa shape index (κ2) is 5.91. The third-order valence-electron chi connectivity index (χ3n) is 2.87. The summed E-state index contributed by atoms with van der Waals surface area (Å²) < 4.78 is 11.1. The molecule has 3 nitrogen and oxygen atoms in total. The van der Waals surface area contributed by atoms with Gasteiger partial charge in [0.25, 0.3) is 0 Å². The summed E-state index contributed by atoms with van der Waals surface area (Å²) in [6.45, 7) is 7.42. The Bertz CT molecular complexity index is 436. The van der Waals surface area contributed by atoms with E-state index in [2.05, 4.69) is 44.0 Å². The molecule has 0 radical (unpaired) electrons. The Morgan fingerprint density at radius 1 is 1.22 bits per heavy atom. The van der Waals surface area contributed by atoms with Gasteiger partial charge in [-0.15, -0.1) is 0 Å². The Kier molecular flexibility index (Phi) is 4.26. The van der Waals surface area contributed by atoms with Crippen LogP contribution in [0.3, 0.4) is 0 Å². The smallest absolute Gasteiger partial charge is 0.161 e. The van der Waals surface area contributed by atoms with E-state index < -0.39 is 0 Å². The minimum absolute atomic E-state index is 0.643. The highest BCUT2D eigenvalue weighted by Gasteiger charge is 2.11. The molecule has 0 saturated carbocycles. The second-order valence-electron chi connectivity index (χ2n) is 4.96. The lowest BCUT2D eigenvalue weighted by molar-refractivity contribution is 0.171. The van der Waals surface area contributed by atoms with Crippen molar-refractivity contribution in [2.45, 2.75) is 20.4 Å². The maximum absolute atomic E-state index is 5.59. The lowest BCUT2D eigenvalue weighted by Crippen LogP contribution is -2.19. The zero-order valence-electron chi connectivity index (χ0n) is 11.4. The fourth-order valence-corrected chi connectivity index (χ4v) is 1.90. The number of hydrogen-bond acceptors (Lipinski definition) is 3. The third-order valence-corrected chi connectivity index (χ3v) is 2.87. The van der Waals surface area contributed by atoms with Crippen molar-refractivity contribution in [2.24, 2.45) is 0 Å². The first-order valence-corrected chi connectivity index (χ1v) is 6.35. The van der Waals surface area contributed by atoms with Gasteiger partial charge in [0.1, 0.15) is 13.2 Å². The second-order valence-corrected chi connectivity index (χ2v) is 4.96. The molecule has 98 valence electrons. The largest absolute Gasteiger partial charge is 0.486 e. The molecule has 0 fully saturated rings. The molecule has 2 rings (SSSR count). The summed E-state index contributed by atoms with van der Waals surface area (Å²) in [6, 6.07) is 6.18. The van der Waals surface area contributed by atoms with E-state index in [1.54, 1.807) is 0 Å². The van der Waals surface area contributed by atoms with Crippen LogP contribution in [0.1, 0.15) is 19.4 Å².